The molecule has 0 unspecified atom stereocenters. The van der Waals surface area contributed by atoms with Gasteiger partial charge in [-0.15, -0.1) is 0 Å². The molecule has 0 aliphatic rings. The van der Waals surface area contributed by atoms with Crippen LogP contribution in [0.5, 0.6) is 0 Å². The molecule has 0 saturated carbocycles. The van der Waals surface area contributed by atoms with Crippen LogP contribution in [0.2, 0.25) is 5.02 Å². The first-order valence-corrected chi connectivity index (χ1v) is 8.23. The first kappa shape index (κ1) is 17.0. The third kappa shape index (κ3) is 5.44. The van der Waals surface area contributed by atoms with Crippen LogP contribution in [0.3, 0.4) is 0 Å². The Hall–Kier alpha value is -1.36. The van der Waals surface area contributed by atoms with Crippen LogP contribution in [0.1, 0.15) is 11.1 Å². The van der Waals surface area contributed by atoms with Gasteiger partial charge in [0.2, 0.25) is 5.91 Å². The Morgan fingerprint density at radius 3 is 2.77 bits per heavy atom. The minimum atomic E-state index is -0.0449. The molecule has 2 aromatic rings. The van der Waals surface area contributed by atoms with E-state index in [1.54, 1.807) is 0 Å². The second-order valence-corrected chi connectivity index (χ2v) is 6.42. The summed E-state index contributed by atoms with van der Waals surface area (Å²) in [5.41, 5.74) is 3.02. The van der Waals surface area contributed by atoms with E-state index in [4.69, 9.17) is 11.6 Å². The van der Waals surface area contributed by atoms with E-state index in [1.807, 2.05) is 49.4 Å². The molecule has 0 fully saturated rings. The van der Waals surface area contributed by atoms with Crippen LogP contribution in [0.25, 0.3) is 0 Å². The highest BCUT2D eigenvalue weighted by atomic mass is 79.9. The summed E-state index contributed by atoms with van der Waals surface area (Å²) in [5, 5.41) is 6.78. The highest BCUT2D eigenvalue weighted by Gasteiger charge is 2.04. The topological polar surface area (TPSA) is 41.1 Å². The van der Waals surface area contributed by atoms with Crippen molar-refractivity contribution in [2.45, 2.75) is 13.3 Å². The normalized spacial score (nSPS) is 10.5. The van der Waals surface area contributed by atoms with E-state index in [9.17, 15) is 4.79 Å². The molecule has 0 bridgehead atoms. The summed E-state index contributed by atoms with van der Waals surface area (Å²) < 4.78 is 1.00. The molecule has 2 aromatic carbocycles. The number of amides is 1. The number of carbonyl (C=O) groups is 1. The molecule has 0 spiro atoms. The summed E-state index contributed by atoms with van der Waals surface area (Å²) in [6, 6.07) is 13.5. The van der Waals surface area contributed by atoms with Crippen molar-refractivity contribution in [3.8, 4) is 0 Å². The zero-order valence-electron chi connectivity index (χ0n) is 12.3. The van der Waals surface area contributed by atoms with Crippen molar-refractivity contribution in [2.75, 3.05) is 18.4 Å². The molecular weight excluding hydrogens is 364 g/mol. The Bertz CT molecular complexity index is 661. The summed E-state index contributed by atoms with van der Waals surface area (Å²) in [4.78, 5) is 11.9. The summed E-state index contributed by atoms with van der Waals surface area (Å²) in [6.07, 6.45) is 0.838. The van der Waals surface area contributed by atoms with Gasteiger partial charge in [0, 0.05) is 15.2 Å². The number of rotatable bonds is 6. The fourth-order valence-electron chi connectivity index (χ4n) is 2.09. The third-order valence-electron chi connectivity index (χ3n) is 3.23. The van der Waals surface area contributed by atoms with Gasteiger partial charge in [0.05, 0.1) is 6.54 Å². The van der Waals surface area contributed by atoms with Crippen LogP contribution < -0.4 is 10.6 Å². The van der Waals surface area contributed by atoms with Gasteiger partial charge in [0.15, 0.2) is 0 Å². The van der Waals surface area contributed by atoms with Gasteiger partial charge in [-0.05, 0) is 61.3 Å². The number of hydrogen-bond acceptors (Lipinski definition) is 2. The first-order valence-electron chi connectivity index (χ1n) is 7.06. The number of nitrogens with one attached hydrogen (secondary N) is 2. The molecule has 2 N–H and O–H groups in total. The number of benzene rings is 2. The monoisotopic (exact) mass is 380 g/mol. The van der Waals surface area contributed by atoms with Crippen molar-refractivity contribution >= 4 is 39.1 Å². The molecule has 0 heterocycles. The standard InChI is InChI=1S/C17H18BrClN2O/c1-12-9-14(18)5-6-16(12)21-17(22)11-20-8-7-13-3-2-4-15(19)10-13/h2-6,9-10,20H,7-8,11H2,1H3,(H,21,22). The minimum absolute atomic E-state index is 0.0449. The summed E-state index contributed by atoms with van der Waals surface area (Å²) in [6.45, 7) is 2.98. The third-order valence-corrected chi connectivity index (χ3v) is 3.96. The lowest BCUT2D eigenvalue weighted by atomic mass is 10.1. The smallest absolute Gasteiger partial charge is 0.238 e. The van der Waals surface area contributed by atoms with Crippen molar-refractivity contribution < 1.29 is 4.79 Å². The predicted octanol–water partition coefficient (Wildman–Crippen LogP) is 4.18. The van der Waals surface area contributed by atoms with Crippen molar-refractivity contribution in [3.05, 3.63) is 63.1 Å². The highest BCUT2D eigenvalue weighted by Crippen LogP contribution is 2.19. The lowest BCUT2D eigenvalue weighted by Gasteiger charge is -2.09. The van der Waals surface area contributed by atoms with Gasteiger partial charge in [-0.3, -0.25) is 4.79 Å². The van der Waals surface area contributed by atoms with E-state index < -0.39 is 0 Å². The van der Waals surface area contributed by atoms with Crippen molar-refractivity contribution in [1.29, 1.82) is 0 Å². The van der Waals surface area contributed by atoms with Crippen LogP contribution in [-0.2, 0) is 11.2 Å². The predicted molar refractivity (Wildman–Crippen MR) is 95.5 cm³/mol. The minimum Gasteiger partial charge on any atom is -0.325 e. The van der Waals surface area contributed by atoms with Crippen LogP contribution in [0.4, 0.5) is 5.69 Å². The molecular formula is C17H18BrClN2O. The number of halogens is 2. The van der Waals surface area contributed by atoms with Gasteiger partial charge in [-0.25, -0.2) is 0 Å². The van der Waals surface area contributed by atoms with Gasteiger partial charge in [-0.2, -0.15) is 0 Å². The van der Waals surface area contributed by atoms with Crippen LogP contribution in [-0.4, -0.2) is 19.0 Å². The Labute approximate surface area is 144 Å². The van der Waals surface area contributed by atoms with E-state index >= 15 is 0 Å². The van der Waals surface area contributed by atoms with Crippen LogP contribution in [0.15, 0.2) is 46.9 Å². The molecule has 2 rings (SSSR count). The van der Waals surface area contributed by atoms with Crippen molar-refractivity contribution in [2.24, 2.45) is 0 Å². The Morgan fingerprint density at radius 1 is 1.23 bits per heavy atom. The van der Waals surface area contributed by atoms with E-state index in [1.165, 1.54) is 0 Å². The maximum absolute atomic E-state index is 11.9. The van der Waals surface area contributed by atoms with Crippen molar-refractivity contribution in [1.82, 2.24) is 5.32 Å². The van der Waals surface area contributed by atoms with E-state index in [-0.39, 0.29) is 12.5 Å². The van der Waals surface area contributed by atoms with Crippen molar-refractivity contribution in [3.63, 3.8) is 0 Å². The Balaban J connectivity index is 1.74. The Kier molecular flexibility index (Phi) is 6.43. The van der Waals surface area contributed by atoms with E-state index in [0.29, 0.717) is 0 Å². The lowest BCUT2D eigenvalue weighted by molar-refractivity contribution is -0.115. The molecule has 0 aromatic heterocycles. The molecule has 0 aliphatic heterocycles. The molecule has 1 amide bonds. The molecule has 5 heteroatoms. The van der Waals surface area contributed by atoms with Gasteiger partial charge in [-0.1, -0.05) is 39.7 Å². The average molecular weight is 382 g/mol. The highest BCUT2D eigenvalue weighted by molar-refractivity contribution is 9.10. The number of carbonyl (C=O) groups excluding carboxylic acids is 1. The van der Waals surface area contributed by atoms with E-state index in [2.05, 4.69) is 26.6 Å². The fraction of sp³-hybridized carbons (Fsp3) is 0.235. The van der Waals surface area contributed by atoms with Gasteiger partial charge in [0.25, 0.3) is 0 Å². The first-order chi connectivity index (χ1) is 10.5. The maximum Gasteiger partial charge on any atom is 0.238 e. The molecule has 3 nitrogen and oxygen atoms in total. The number of anilines is 1. The number of aryl methyl sites for hydroxylation is 1. The fourth-order valence-corrected chi connectivity index (χ4v) is 2.78. The summed E-state index contributed by atoms with van der Waals surface area (Å²) in [5.74, 6) is -0.0449. The SMILES string of the molecule is Cc1cc(Br)ccc1NC(=O)CNCCc1cccc(Cl)c1. The average Bonchev–Trinajstić information content (AvgIpc) is 2.47. The van der Waals surface area contributed by atoms with Gasteiger partial charge >= 0.3 is 0 Å². The summed E-state index contributed by atoms with van der Waals surface area (Å²) in [7, 11) is 0. The van der Waals surface area contributed by atoms with E-state index in [0.717, 1.165) is 39.3 Å². The zero-order valence-corrected chi connectivity index (χ0v) is 14.7. The lowest BCUT2D eigenvalue weighted by Crippen LogP contribution is -2.29. The van der Waals surface area contributed by atoms with Crippen LogP contribution >= 0.6 is 27.5 Å². The molecule has 116 valence electrons. The second-order valence-electron chi connectivity index (χ2n) is 5.06. The van der Waals surface area contributed by atoms with Crippen LogP contribution in [0, 0.1) is 6.92 Å². The second kappa shape index (κ2) is 8.32. The molecule has 0 aliphatic carbocycles. The molecule has 22 heavy (non-hydrogen) atoms. The maximum atomic E-state index is 11.9. The molecule has 0 atom stereocenters. The Morgan fingerprint density at radius 2 is 2.05 bits per heavy atom. The molecule has 0 radical (unpaired) electrons. The largest absolute Gasteiger partial charge is 0.325 e. The van der Waals surface area contributed by atoms with Gasteiger partial charge in [0.1, 0.15) is 0 Å². The zero-order chi connectivity index (χ0) is 15.9. The van der Waals surface area contributed by atoms with Gasteiger partial charge < -0.3 is 10.6 Å². The quantitative estimate of drug-likeness (QED) is 0.737. The molecule has 0 saturated heterocycles. The number of hydrogen-bond donors (Lipinski definition) is 2. The summed E-state index contributed by atoms with van der Waals surface area (Å²) >= 11 is 9.34.